The third-order valence-electron chi connectivity index (χ3n) is 3.46. The fourth-order valence-corrected chi connectivity index (χ4v) is 2.62. The highest BCUT2D eigenvalue weighted by molar-refractivity contribution is 7.09. The number of rotatable bonds is 8. The molecule has 5 heteroatoms. The molecule has 0 saturated carbocycles. The summed E-state index contributed by atoms with van der Waals surface area (Å²) in [5.41, 5.74) is 5.45. The zero-order valence-corrected chi connectivity index (χ0v) is 12.9. The second kappa shape index (κ2) is 7.50. The Morgan fingerprint density at radius 1 is 1.47 bits per heavy atom. The minimum atomic E-state index is -0.233. The van der Waals surface area contributed by atoms with Crippen molar-refractivity contribution in [3.8, 4) is 0 Å². The van der Waals surface area contributed by atoms with Crippen LogP contribution in [0.25, 0.3) is 0 Å². The van der Waals surface area contributed by atoms with Crippen molar-refractivity contribution in [2.75, 3.05) is 20.1 Å². The van der Waals surface area contributed by atoms with E-state index in [0.717, 1.165) is 32.4 Å². The first-order chi connectivity index (χ1) is 8.95. The summed E-state index contributed by atoms with van der Waals surface area (Å²) in [7, 11) is 2.14. The summed E-state index contributed by atoms with van der Waals surface area (Å²) in [5.74, 6) is 0.314. The van der Waals surface area contributed by atoms with Crippen LogP contribution in [0.2, 0.25) is 0 Å². The average molecular weight is 283 g/mol. The van der Waals surface area contributed by atoms with Gasteiger partial charge in [-0.05, 0) is 44.3 Å². The van der Waals surface area contributed by atoms with Gasteiger partial charge in [0.15, 0.2) is 0 Å². The average Bonchev–Trinajstić information content (AvgIpc) is 2.88. The van der Waals surface area contributed by atoms with Crippen LogP contribution in [0.4, 0.5) is 0 Å². The maximum absolute atomic E-state index is 8.72. The van der Waals surface area contributed by atoms with Crippen LogP contribution in [0.5, 0.6) is 0 Å². The maximum Gasteiger partial charge on any atom is 0.144 e. The molecule has 0 spiro atoms. The molecule has 108 valence electrons. The number of nitrogens with zero attached hydrogens (tertiary/aromatic N) is 2. The van der Waals surface area contributed by atoms with Crippen LogP contribution in [0.15, 0.2) is 22.7 Å². The summed E-state index contributed by atoms with van der Waals surface area (Å²) in [6.45, 7) is 6.12. The Balaban J connectivity index is 2.21. The number of oxime groups is 1. The molecule has 0 atom stereocenters. The van der Waals surface area contributed by atoms with Crippen LogP contribution in [0.3, 0.4) is 0 Å². The van der Waals surface area contributed by atoms with Crippen LogP contribution in [0, 0.1) is 5.41 Å². The third-order valence-corrected chi connectivity index (χ3v) is 4.40. The largest absolute Gasteiger partial charge is 0.409 e. The number of nitrogens with two attached hydrogens (primary N) is 1. The molecule has 0 aliphatic heterocycles. The van der Waals surface area contributed by atoms with E-state index < -0.39 is 0 Å². The van der Waals surface area contributed by atoms with Crippen LogP contribution < -0.4 is 5.73 Å². The molecule has 0 aliphatic carbocycles. The van der Waals surface area contributed by atoms with Crippen molar-refractivity contribution in [2.45, 2.75) is 33.1 Å². The molecular formula is C14H25N3OS. The topological polar surface area (TPSA) is 61.8 Å². The van der Waals surface area contributed by atoms with Crippen molar-refractivity contribution in [2.24, 2.45) is 16.3 Å². The Kier molecular flexibility index (Phi) is 6.31. The summed E-state index contributed by atoms with van der Waals surface area (Å²) in [6, 6.07) is 4.28. The molecule has 0 aromatic carbocycles. The second-order valence-corrected chi connectivity index (χ2v) is 6.64. The second-order valence-electron chi connectivity index (χ2n) is 5.61. The number of hydrogen-bond acceptors (Lipinski definition) is 4. The number of likely N-dealkylation sites (N-methyl/N-ethyl adjacent to an activating group) is 1. The van der Waals surface area contributed by atoms with Gasteiger partial charge in [0.1, 0.15) is 5.84 Å². The summed E-state index contributed by atoms with van der Waals surface area (Å²) in [6.07, 6.45) is 3.08. The Hall–Kier alpha value is -1.07. The lowest BCUT2D eigenvalue weighted by molar-refractivity contribution is 0.292. The number of thiophene rings is 1. The van der Waals surface area contributed by atoms with Gasteiger partial charge in [-0.25, -0.2) is 0 Å². The van der Waals surface area contributed by atoms with E-state index in [2.05, 4.69) is 34.6 Å². The molecule has 0 fully saturated rings. The molecule has 0 bridgehead atoms. The van der Waals surface area contributed by atoms with E-state index in [1.807, 2.05) is 25.2 Å². The van der Waals surface area contributed by atoms with Crippen LogP contribution in [-0.2, 0) is 6.42 Å². The fraction of sp³-hybridized carbons (Fsp3) is 0.643. The van der Waals surface area contributed by atoms with Gasteiger partial charge in [-0.3, -0.25) is 0 Å². The zero-order valence-electron chi connectivity index (χ0n) is 12.1. The summed E-state index contributed by atoms with van der Waals surface area (Å²) >= 11 is 1.81. The monoisotopic (exact) mass is 283 g/mol. The first-order valence-corrected chi connectivity index (χ1v) is 7.52. The van der Waals surface area contributed by atoms with Crippen LogP contribution in [0.1, 0.15) is 31.6 Å². The van der Waals surface area contributed by atoms with E-state index in [9.17, 15) is 0 Å². The molecule has 1 aromatic heterocycles. The molecule has 1 rings (SSSR count). The zero-order chi connectivity index (χ0) is 14.3. The molecule has 0 radical (unpaired) electrons. The molecule has 3 N–H and O–H groups in total. The quantitative estimate of drug-likeness (QED) is 0.334. The normalized spacial score (nSPS) is 13.2. The molecule has 1 heterocycles. The highest BCUT2D eigenvalue weighted by atomic mass is 32.1. The van der Waals surface area contributed by atoms with E-state index in [1.54, 1.807) is 0 Å². The predicted molar refractivity (Wildman–Crippen MR) is 81.9 cm³/mol. The van der Waals surface area contributed by atoms with E-state index in [4.69, 9.17) is 10.9 Å². The van der Waals surface area contributed by atoms with Gasteiger partial charge in [-0.1, -0.05) is 25.1 Å². The van der Waals surface area contributed by atoms with Gasteiger partial charge >= 0.3 is 0 Å². The van der Waals surface area contributed by atoms with Gasteiger partial charge in [0.05, 0.1) is 0 Å². The number of hydrogen-bond donors (Lipinski definition) is 2. The van der Waals surface area contributed by atoms with Gasteiger partial charge < -0.3 is 15.8 Å². The smallest absolute Gasteiger partial charge is 0.144 e. The summed E-state index contributed by atoms with van der Waals surface area (Å²) in [4.78, 5) is 3.77. The minimum absolute atomic E-state index is 0.233. The van der Waals surface area contributed by atoms with Crippen molar-refractivity contribution in [1.82, 2.24) is 4.90 Å². The van der Waals surface area contributed by atoms with E-state index in [0.29, 0.717) is 5.84 Å². The fourth-order valence-electron chi connectivity index (χ4n) is 1.92. The molecule has 0 aliphatic rings. The summed E-state index contributed by atoms with van der Waals surface area (Å²) < 4.78 is 0. The lowest BCUT2D eigenvalue weighted by atomic mass is 9.86. The van der Waals surface area contributed by atoms with Gasteiger partial charge in [-0.2, -0.15) is 0 Å². The Morgan fingerprint density at radius 2 is 2.21 bits per heavy atom. The molecular weight excluding hydrogens is 258 g/mol. The standard InChI is InChI=1S/C14H25N3OS/c1-14(2,13(15)16-18)8-5-9-17(3)10-7-12-6-4-11-19-12/h4,6,11,18H,5,7-10H2,1-3H3,(H2,15,16). The molecule has 0 unspecified atom stereocenters. The molecule has 0 saturated heterocycles. The Labute approximate surface area is 119 Å². The molecule has 0 amide bonds. The van der Waals surface area contributed by atoms with Gasteiger partial charge in [-0.15, -0.1) is 11.3 Å². The van der Waals surface area contributed by atoms with Gasteiger partial charge in [0, 0.05) is 16.8 Å². The van der Waals surface area contributed by atoms with Crippen LogP contribution >= 0.6 is 11.3 Å². The Bertz CT molecular complexity index is 387. The molecule has 19 heavy (non-hydrogen) atoms. The van der Waals surface area contributed by atoms with Crippen LogP contribution in [-0.4, -0.2) is 36.1 Å². The Morgan fingerprint density at radius 3 is 2.79 bits per heavy atom. The van der Waals surface area contributed by atoms with E-state index >= 15 is 0 Å². The number of amidine groups is 1. The van der Waals surface area contributed by atoms with E-state index in [-0.39, 0.29) is 5.41 Å². The predicted octanol–water partition coefficient (Wildman–Crippen LogP) is 2.78. The molecule has 1 aromatic rings. The molecule has 4 nitrogen and oxygen atoms in total. The first kappa shape index (κ1) is 16.0. The van der Waals surface area contributed by atoms with E-state index in [1.165, 1.54) is 4.88 Å². The third kappa shape index (κ3) is 5.61. The minimum Gasteiger partial charge on any atom is -0.409 e. The lowest BCUT2D eigenvalue weighted by Gasteiger charge is -2.24. The maximum atomic E-state index is 8.72. The van der Waals surface area contributed by atoms with Crippen molar-refractivity contribution in [3.63, 3.8) is 0 Å². The van der Waals surface area contributed by atoms with Crippen molar-refractivity contribution in [1.29, 1.82) is 0 Å². The van der Waals surface area contributed by atoms with Crippen molar-refractivity contribution >= 4 is 17.2 Å². The summed E-state index contributed by atoms with van der Waals surface area (Å²) in [5, 5.41) is 14.0. The van der Waals surface area contributed by atoms with Gasteiger partial charge in [0.2, 0.25) is 0 Å². The van der Waals surface area contributed by atoms with Crippen molar-refractivity contribution < 1.29 is 5.21 Å². The highest BCUT2D eigenvalue weighted by Gasteiger charge is 2.22. The lowest BCUT2D eigenvalue weighted by Crippen LogP contribution is -2.33. The van der Waals surface area contributed by atoms with Gasteiger partial charge in [0.25, 0.3) is 0 Å². The SMILES string of the molecule is CN(CCCC(C)(C)C(N)=NO)CCc1cccs1. The van der Waals surface area contributed by atoms with Crippen molar-refractivity contribution in [3.05, 3.63) is 22.4 Å². The first-order valence-electron chi connectivity index (χ1n) is 6.64. The highest BCUT2D eigenvalue weighted by Crippen LogP contribution is 2.22.